The molecule has 56 heavy (non-hydrogen) atoms. The van der Waals surface area contributed by atoms with Crippen LogP contribution in [0.2, 0.25) is 0 Å². The zero-order chi connectivity index (χ0) is 37.8. The highest BCUT2D eigenvalue weighted by molar-refractivity contribution is 6.09. The number of rotatable bonds is 17. The van der Waals surface area contributed by atoms with Crippen molar-refractivity contribution in [3.8, 4) is 57.1 Å². The Morgan fingerprint density at radius 3 is 0.875 bits per heavy atom. The first-order valence-electron chi connectivity index (χ1n) is 18.1. The maximum absolute atomic E-state index is 6.41. The molecule has 0 N–H and O–H groups in total. The van der Waals surface area contributed by atoms with Gasteiger partial charge in [0.15, 0.2) is 0 Å². The van der Waals surface area contributed by atoms with Crippen LogP contribution in [0.1, 0.15) is 0 Å². The number of benzene rings is 8. The minimum atomic E-state index is -0.0230. The van der Waals surface area contributed by atoms with Crippen LogP contribution in [0.5, 0.6) is 46.0 Å². The van der Waals surface area contributed by atoms with Crippen molar-refractivity contribution >= 4 is 21.5 Å². The first-order valence-corrected chi connectivity index (χ1v) is 18.1. The largest absolute Gasteiger partial charge is 0.458 e. The average Bonchev–Trinajstić information content (AvgIpc) is 3.25. The molecule has 0 aromatic heterocycles. The van der Waals surface area contributed by atoms with Crippen LogP contribution in [0, 0.1) is 0 Å². The van der Waals surface area contributed by atoms with E-state index >= 15 is 0 Å². The summed E-state index contributed by atoms with van der Waals surface area (Å²) in [6.45, 7) is 0.146. The van der Waals surface area contributed by atoms with Crippen LogP contribution in [-0.4, -0.2) is 27.2 Å². The van der Waals surface area contributed by atoms with Gasteiger partial charge in [-0.1, -0.05) is 97.1 Å². The highest BCUT2D eigenvalue weighted by atomic mass is 16.7. The van der Waals surface area contributed by atoms with Crippen molar-refractivity contribution in [1.82, 2.24) is 0 Å². The summed E-state index contributed by atoms with van der Waals surface area (Å²) >= 11 is 0. The molecule has 0 amide bonds. The monoisotopic (exact) mass is 742 g/mol. The molecule has 0 atom stereocenters. The average molecular weight is 743 g/mol. The molecule has 0 aliphatic carbocycles. The van der Waals surface area contributed by atoms with Gasteiger partial charge in [-0.05, 0) is 106 Å². The Hall–Kier alpha value is -7.32. The summed E-state index contributed by atoms with van der Waals surface area (Å²) in [5, 5.41) is 4.15. The molecule has 0 bridgehead atoms. The summed E-state index contributed by atoms with van der Waals surface area (Å²) in [6, 6.07) is 58.2. The maximum Gasteiger partial charge on any atom is 0.230 e. The maximum atomic E-state index is 6.41. The second kappa shape index (κ2) is 17.7. The van der Waals surface area contributed by atoms with Gasteiger partial charge in [-0.15, -0.1) is 0 Å². The Kier molecular flexibility index (Phi) is 11.3. The lowest BCUT2D eigenvalue weighted by Gasteiger charge is -2.20. The van der Waals surface area contributed by atoms with Crippen molar-refractivity contribution in [2.75, 3.05) is 27.2 Å². The Labute approximate surface area is 324 Å². The zero-order valence-corrected chi connectivity index (χ0v) is 30.4. The summed E-state index contributed by atoms with van der Waals surface area (Å²) in [4.78, 5) is 0. The van der Waals surface area contributed by atoms with Gasteiger partial charge in [0.25, 0.3) is 0 Å². The van der Waals surface area contributed by atoms with Crippen LogP contribution in [0.25, 0.3) is 32.7 Å². The molecule has 278 valence electrons. The van der Waals surface area contributed by atoms with Gasteiger partial charge in [-0.2, -0.15) is 0 Å². The van der Waals surface area contributed by atoms with Gasteiger partial charge in [-0.25, -0.2) is 0 Å². The van der Waals surface area contributed by atoms with Crippen LogP contribution in [-0.2, 0) is 0 Å². The molecule has 0 radical (unpaired) electrons. The second-order valence-corrected chi connectivity index (χ2v) is 12.5. The van der Waals surface area contributed by atoms with Crippen LogP contribution >= 0.6 is 0 Å². The van der Waals surface area contributed by atoms with Gasteiger partial charge >= 0.3 is 0 Å². The summed E-state index contributed by atoms with van der Waals surface area (Å²) in [5.41, 5.74) is 1.78. The summed E-state index contributed by atoms with van der Waals surface area (Å²) in [6.07, 6.45) is 0. The molecule has 8 nitrogen and oxygen atoms in total. The highest BCUT2D eigenvalue weighted by Crippen LogP contribution is 2.45. The summed E-state index contributed by atoms with van der Waals surface area (Å²) < 4.78 is 47.7. The Balaban J connectivity index is 0.964. The van der Waals surface area contributed by atoms with E-state index in [9.17, 15) is 0 Å². The lowest BCUT2D eigenvalue weighted by molar-refractivity contribution is 0.115. The predicted octanol–water partition coefficient (Wildman–Crippen LogP) is 11.3. The third-order valence-electron chi connectivity index (χ3n) is 8.95. The smallest absolute Gasteiger partial charge is 0.230 e. The van der Waals surface area contributed by atoms with Crippen molar-refractivity contribution in [2.45, 2.75) is 0 Å². The van der Waals surface area contributed by atoms with Crippen molar-refractivity contribution in [2.24, 2.45) is 0 Å². The van der Waals surface area contributed by atoms with E-state index < -0.39 is 0 Å². The number of ether oxygens (including phenoxy) is 8. The SMILES string of the molecule is c1ccc(OCOc2ccc(OCOc3ccc4ccccc4c3-c3c(OCOc4ccc(OCOc5ccccc5)cc4)ccc4ccccc34)cc2)cc1. The normalized spacial score (nSPS) is 10.8. The van der Waals surface area contributed by atoms with Gasteiger partial charge in [-0.3, -0.25) is 0 Å². The third kappa shape index (κ3) is 8.89. The minimum absolute atomic E-state index is 0.0230. The van der Waals surface area contributed by atoms with Crippen LogP contribution in [0.4, 0.5) is 0 Å². The molecule has 0 heterocycles. The first-order chi connectivity index (χ1) is 27.8. The second-order valence-electron chi connectivity index (χ2n) is 12.5. The van der Waals surface area contributed by atoms with Crippen molar-refractivity contribution in [1.29, 1.82) is 0 Å². The van der Waals surface area contributed by atoms with Crippen molar-refractivity contribution < 1.29 is 37.9 Å². The zero-order valence-electron chi connectivity index (χ0n) is 30.4. The highest BCUT2D eigenvalue weighted by Gasteiger charge is 2.19. The van der Waals surface area contributed by atoms with E-state index in [1.54, 1.807) is 0 Å². The quantitative estimate of drug-likeness (QED) is 0.0854. The molecule has 8 heteroatoms. The van der Waals surface area contributed by atoms with Crippen molar-refractivity contribution in [3.05, 3.63) is 182 Å². The van der Waals surface area contributed by atoms with E-state index in [2.05, 4.69) is 24.3 Å². The fourth-order valence-corrected chi connectivity index (χ4v) is 6.21. The molecule has 0 unspecified atom stereocenters. The molecule has 8 aromatic carbocycles. The summed E-state index contributed by atoms with van der Waals surface area (Å²) in [7, 11) is 0. The molecular weight excluding hydrogens is 705 g/mol. The van der Waals surface area contributed by atoms with E-state index in [0.717, 1.165) is 44.2 Å². The molecule has 0 fully saturated rings. The lowest BCUT2D eigenvalue weighted by Crippen LogP contribution is -2.09. The number of hydrogen-bond acceptors (Lipinski definition) is 8. The van der Waals surface area contributed by atoms with Gasteiger partial charge in [0.1, 0.15) is 46.0 Å². The number of fused-ring (bicyclic) bond motifs is 2. The third-order valence-corrected chi connectivity index (χ3v) is 8.95. The molecule has 8 rings (SSSR count). The Morgan fingerprint density at radius 2 is 0.518 bits per heavy atom. The van der Waals surface area contributed by atoms with E-state index in [-0.39, 0.29) is 27.2 Å². The number of para-hydroxylation sites is 2. The van der Waals surface area contributed by atoms with Gasteiger partial charge in [0, 0.05) is 11.1 Å². The summed E-state index contributed by atoms with van der Waals surface area (Å²) in [5.74, 6) is 5.37. The molecule has 0 aliphatic heterocycles. The van der Waals surface area contributed by atoms with Crippen LogP contribution in [0.3, 0.4) is 0 Å². The van der Waals surface area contributed by atoms with E-state index in [1.807, 2.05) is 158 Å². The molecule has 0 saturated heterocycles. The Bertz CT molecular complexity index is 2290. The van der Waals surface area contributed by atoms with Gasteiger partial charge in [0.05, 0.1) is 0 Å². The fraction of sp³-hybridized carbons (Fsp3) is 0.0833. The molecule has 0 spiro atoms. The lowest BCUT2D eigenvalue weighted by atomic mass is 9.92. The first kappa shape index (κ1) is 35.7. The van der Waals surface area contributed by atoms with Crippen LogP contribution in [0.15, 0.2) is 182 Å². The van der Waals surface area contributed by atoms with Gasteiger partial charge < -0.3 is 37.9 Å². The van der Waals surface area contributed by atoms with E-state index in [1.165, 1.54) is 0 Å². The van der Waals surface area contributed by atoms with Crippen LogP contribution < -0.4 is 37.9 Å². The molecular formula is C48H38O8. The topological polar surface area (TPSA) is 73.8 Å². The standard InChI is InChI=1S/C48H38O8/c1-3-13-37(14-4-1)49-31-51-39-21-25-41(26-22-39)53-33-55-45-29-19-35-11-7-9-17-43(35)47(45)48-44-18-10-8-12-36(44)20-30-46(48)56-34-54-42-27-23-40(24-28-42)52-32-50-38-15-5-2-6-16-38/h1-30H,31-34H2. The van der Waals surface area contributed by atoms with E-state index in [0.29, 0.717) is 34.5 Å². The Morgan fingerprint density at radius 1 is 0.232 bits per heavy atom. The predicted molar refractivity (Wildman–Crippen MR) is 217 cm³/mol. The number of hydrogen-bond donors (Lipinski definition) is 0. The minimum Gasteiger partial charge on any atom is -0.458 e. The van der Waals surface area contributed by atoms with E-state index in [4.69, 9.17) is 37.9 Å². The molecule has 0 saturated carbocycles. The molecule has 0 aliphatic rings. The van der Waals surface area contributed by atoms with Crippen molar-refractivity contribution in [3.63, 3.8) is 0 Å². The van der Waals surface area contributed by atoms with Gasteiger partial charge in [0.2, 0.25) is 27.2 Å². The fourth-order valence-electron chi connectivity index (χ4n) is 6.21. The molecule has 8 aromatic rings.